The van der Waals surface area contributed by atoms with Crippen LogP contribution in [0.3, 0.4) is 0 Å². The first-order valence-electron chi connectivity index (χ1n) is 12.0. The normalized spacial score (nSPS) is 21.7. The molecule has 2 aliphatic rings. The summed E-state index contributed by atoms with van der Waals surface area (Å²) in [6.07, 6.45) is 11.2. The predicted octanol–water partition coefficient (Wildman–Crippen LogP) is 6.64. The monoisotopic (exact) mass is 431 g/mol. The summed E-state index contributed by atoms with van der Waals surface area (Å²) in [6, 6.07) is 16.0. The molecule has 31 heavy (non-hydrogen) atoms. The van der Waals surface area contributed by atoms with Gasteiger partial charge in [-0.1, -0.05) is 50.2 Å². The van der Waals surface area contributed by atoms with E-state index in [2.05, 4.69) is 70.8 Å². The molecule has 0 aliphatic carbocycles. The van der Waals surface area contributed by atoms with Gasteiger partial charge >= 0.3 is 0 Å². The van der Waals surface area contributed by atoms with Crippen molar-refractivity contribution in [1.82, 2.24) is 9.88 Å². The van der Waals surface area contributed by atoms with Crippen molar-refractivity contribution < 1.29 is 0 Å². The van der Waals surface area contributed by atoms with Gasteiger partial charge in [-0.3, -0.25) is 0 Å². The van der Waals surface area contributed by atoms with E-state index in [0.717, 1.165) is 35.1 Å². The van der Waals surface area contributed by atoms with E-state index >= 15 is 0 Å². The number of nitrogens with one attached hydrogen (secondary N) is 2. The van der Waals surface area contributed by atoms with Crippen molar-refractivity contribution in [3.8, 4) is 0 Å². The van der Waals surface area contributed by atoms with Crippen molar-refractivity contribution in [3.05, 3.63) is 65.4 Å². The summed E-state index contributed by atoms with van der Waals surface area (Å²) < 4.78 is 0. The molecule has 1 aromatic heterocycles. The van der Waals surface area contributed by atoms with E-state index < -0.39 is 0 Å². The zero-order valence-electron chi connectivity index (χ0n) is 18.5. The van der Waals surface area contributed by atoms with Crippen LogP contribution < -0.4 is 5.32 Å². The lowest BCUT2D eigenvalue weighted by atomic mass is 9.82. The Morgan fingerprint density at radius 3 is 2.97 bits per heavy atom. The number of rotatable bonds is 5. The van der Waals surface area contributed by atoms with Gasteiger partial charge in [-0.15, -0.1) is 0 Å². The Hall–Kier alpha value is -2.17. The quantitative estimate of drug-likeness (QED) is 0.444. The van der Waals surface area contributed by atoms with Crippen LogP contribution in [0.25, 0.3) is 10.9 Å². The van der Waals surface area contributed by atoms with Crippen LogP contribution in [0.5, 0.6) is 0 Å². The SMILES string of the molecule is CCCc1cccc(C(=S)Nc2ccc3[nH]cc(C4CCN5CCCCC5C4)c3c2)c1. The summed E-state index contributed by atoms with van der Waals surface area (Å²) in [5.41, 5.74) is 6.23. The summed E-state index contributed by atoms with van der Waals surface area (Å²) in [7, 11) is 0. The molecule has 3 heterocycles. The number of fused-ring (bicyclic) bond motifs is 2. The summed E-state index contributed by atoms with van der Waals surface area (Å²) in [5.74, 6) is 0.654. The van der Waals surface area contributed by atoms with Crippen LogP contribution in [0.1, 0.15) is 68.1 Å². The zero-order valence-corrected chi connectivity index (χ0v) is 19.3. The van der Waals surface area contributed by atoms with Gasteiger partial charge in [-0.2, -0.15) is 0 Å². The molecular weight excluding hydrogens is 398 g/mol. The molecule has 162 valence electrons. The fourth-order valence-electron chi connectivity index (χ4n) is 5.59. The molecule has 3 aromatic rings. The second kappa shape index (κ2) is 9.13. The first-order chi connectivity index (χ1) is 15.2. The van der Waals surface area contributed by atoms with Gasteiger partial charge in [-0.25, -0.2) is 0 Å². The minimum atomic E-state index is 0.654. The largest absolute Gasteiger partial charge is 0.361 e. The van der Waals surface area contributed by atoms with Gasteiger partial charge in [0.15, 0.2) is 0 Å². The number of H-pyrrole nitrogens is 1. The number of anilines is 1. The highest BCUT2D eigenvalue weighted by molar-refractivity contribution is 7.81. The number of aromatic amines is 1. The fourth-order valence-corrected chi connectivity index (χ4v) is 5.83. The molecule has 2 aliphatic heterocycles. The molecule has 2 unspecified atom stereocenters. The van der Waals surface area contributed by atoms with Crippen LogP contribution in [0.4, 0.5) is 5.69 Å². The minimum Gasteiger partial charge on any atom is -0.361 e. The molecule has 2 N–H and O–H groups in total. The third-order valence-corrected chi connectivity index (χ3v) is 7.55. The van der Waals surface area contributed by atoms with Crippen molar-refractivity contribution in [2.45, 2.75) is 63.8 Å². The Labute approximate surface area is 191 Å². The standard InChI is InChI=1S/C27H33N3S/c1-2-6-19-7-5-8-21(15-19)27(31)29-22-10-11-26-24(17-22)25(18-28-26)20-12-14-30-13-4-3-9-23(30)16-20/h5,7-8,10-11,15,17-18,20,23,28H,2-4,6,9,12-14,16H2,1H3,(H,29,31). The third kappa shape index (κ3) is 4.42. The van der Waals surface area contributed by atoms with Crippen molar-refractivity contribution >= 4 is 33.8 Å². The van der Waals surface area contributed by atoms with Crippen molar-refractivity contribution in [3.63, 3.8) is 0 Å². The Morgan fingerprint density at radius 1 is 1.13 bits per heavy atom. The van der Waals surface area contributed by atoms with E-state index in [9.17, 15) is 0 Å². The van der Waals surface area contributed by atoms with Crippen LogP contribution in [0.15, 0.2) is 48.7 Å². The molecule has 0 bridgehead atoms. The lowest BCUT2D eigenvalue weighted by Crippen LogP contribution is -2.44. The highest BCUT2D eigenvalue weighted by Crippen LogP contribution is 2.38. The summed E-state index contributed by atoms with van der Waals surface area (Å²) >= 11 is 5.75. The summed E-state index contributed by atoms with van der Waals surface area (Å²) in [5, 5.41) is 4.84. The Balaban J connectivity index is 1.35. The fraction of sp³-hybridized carbons (Fsp3) is 0.444. The second-order valence-electron chi connectivity index (χ2n) is 9.32. The third-order valence-electron chi connectivity index (χ3n) is 7.21. The molecule has 2 atom stereocenters. The van der Waals surface area contributed by atoms with Gasteiger partial charge in [0.1, 0.15) is 4.99 Å². The number of benzene rings is 2. The number of hydrogen-bond donors (Lipinski definition) is 2. The molecule has 2 saturated heterocycles. The van der Waals surface area contributed by atoms with E-state index in [1.807, 2.05) is 0 Å². The highest BCUT2D eigenvalue weighted by Gasteiger charge is 2.31. The van der Waals surface area contributed by atoms with Gasteiger partial charge in [0, 0.05) is 34.4 Å². The average molecular weight is 432 g/mol. The van der Waals surface area contributed by atoms with Crippen molar-refractivity contribution in [2.75, 3.05) is 18.4 Å². The number of aromatic nitrogens is 1. The molecule has 3 nitrogen and oxygen atoms in total. The van der Waals surface area contributed by atoms with Crippen molar-refractivity contribution in [2.24, 2.45) is 0 Å². The number of nitrogens with zero attached hydrogens (tertiary/aromatic N) is 1. The summed E-state index contributed by atoms with van der Waals surface area (Å²) in [4.78, 5) is 7.04. The molecule has 2 fully saturated rings. The van der Waals surface area contributed by atoms with E-state index in [1.165, 1.54) is 67.2 Å². The van der Waals surface area contributed by atoms with Gasteiger partial charge in [0.2, 0.25) is 0 Å². The zero-order chi connectivity index (χ0) is 21.2. The number of piperidine rings is 2. The highest BCUT2D eigenvalue weighted by atomic mass is 32.1. The van der Waals surface area contributed by atoms with E-state index in [1.54, 1.807) is 0 Å². The maximum absolute atomic E-state index is 5.75. The first-order valence-corrected chi connectivity index (χ1v) is 12.4. The van der Waals surface area contributed by atoms with Crippen LogP contribution in [0, 0.1) is 0 Å². The maximum Gasteiger partial charge on any atom is 0.110 e. The second-order valence-corrected chi connectivity index (χ2v) is 9.72. The Kier molecular flexibility index (Phi) is 6.10. The van der Waals surface area contributed by atoms with Gasteiger partial charge < -0.3 is 15.2 Å². The molecule has 4 heteroatoms. The number of thiocarbonyl (C=S) groups is 1. The van der Waals surface area contributed by atoms with E-state index in [0.29, 0.717) is 5.92 Å². The number of hydrogen-bond acceptors (Lipinski definition) is 2. The Morgan fingerprint density at radius 2 is 2.06 bits per heavy atom. The van der Waals surface area contributed by atoms with E-state index in [-0.39, 0.29) is 0 Å². The maximum atomic E-state index is 5.75. The van der Waals surface area contributed by atoms with Crippen LogP contribution in [-0.4, -0.2) is 34.0 Å². The molecular formula is C27H33N3S. The lowest BCUT2D eigenvalue weighted by molar-refractivity contribution is 0.0977. The lowest BCUT2D eigenvalue weighted by Gasteiger charge is -2.42. The smallest absolute Gasteiger partial charge is 0.110 e. The molecule has 2 aromatic carbocycles. The van der Waals surface area contributed by atoms with Crippen LogP contribution >= 0.6 is 12.2 Å². The average Bonchev–Trinajstić information content (AvgIpc) is 3.22. The molecule has 5 rings (SSSR count). The molecule has 0 amide bonds. The molecule has 0 spiro atoms. The molecule has 0 saturated carbocycles. The van der Waals surface area contributed by atoms with Gasteiger partial charge in [0.25, 0.3) is 0 Å². The van der Waals surface area contributed by atoms with Crippen molar-refractivity contribution in [1.29, 1.82) is 0 Å². The van der Waals surface area contributed by atoms with E-state index in [4.69, 9.17) is 12.2 Å². The van der Waals surface area contributed by atoms with Crippen LogP contribution in [-0.2, 0) is 6.42 Å². The first kappa shape index (κ1) is 20.7. The molecule has 0 radical (unpaired) electrons. The minimum absolute atomic E-state index is 0.654. The van der Waals surface area contributed by atoms with Gasteiger partial charge in [0.05, 0.1) is 0 Å². The predicted molar refractivity (Wildman–Crippen MR) is 135 cm³/mol. The number of aryl methyl sites for hydroxylation is 1. The topological polar surface area (TPSA) is 31.1 Å². The summed E-state index contributed by atoms with van der Waals surface area (Å²) in [6.45, 7) is 4.76. The Bertz CT molecular complexity index is 1070. The van der Waals surface area contributed by atoms with Gasteiger partial charge in [-0.05, 0) is 86.5 Å². The van der Waals surface area contributed by atoms with Crippen LogP contribution in [0.2, 0.25) is 0 Å².